The molecule has 0 radical (unpaired) electrons. The van der Waals surface area contributed by atoms with Crippen LogP contribution >= 0.6 is 22.9 Å². The zero-order chi connectivity index (χ0) is 13.1. The van der Waals surface area contributed by atoms with E-state index in [0.717, 1.165) is 17.0 Å². The molecule has 0 amide bonds. The van der Waals surface area contributed by atoms with E-state index in [1.807, 2.05) is 5.38 Å². The van der Waals surface area contributed by atoms with E-state index < -0.39 is 17.7 Å². The summed E-state index contributed by atoms with van der Waals surface area (Å²) in [4.78, 5) is 0.895. The Hall–Kier alpha value is -0.970. The molecular formula is C13H11ClF2OS. The van der Waals surface area contributed by atoms with Gasteiger partial charge >= 0.3 is 0 Å². The summed E-state index contributed by atoms with van der Waals surface area (Å²) in [5, 5.41) is 12.4. The van der Waals surface area contributed by atoms with Crippen LogP contribution in [0.5, 0.6) is 0 Å². The highest BCUT2D eigenvalue weighted by molar-refractivity contribution is 7.10. The molecule has 0 aliphatic carbocycles. The normalized spacial score (nSPS) is 12.7. The van der Waals surface area contributed by atoms with E-state index >= 15 is 0 Å². The van der Waals surface area contributed by atoms with Crippen LogP contribution in [0.3, 0.4) is 0 Å². The maximum absolute atomic E-state index is 13.0. The SMILES string of the molecule is OC(Cc1ccc(F)c(F)c1)Cc1sccc1Cl. The third-order valence-corrected chi connectivity index (χ3v) is 3.98. The van der Waals surface area contributed by atoms with Gasteiger partial charge < -0.3 is 5.11 Å². The Labute approximate surface area is 113 Å². The topological polar surface area (TPSA) is 20.2 Å². The molecule has 0 aliphatic rings. The van der Waals surface area contributed by atoms with Gasteiger partial charge in [-0.3, -0.25) is 0 Å². The second-order valence-corrected chi connectivity index (χ2v) is 5.41. The van der Waals surface area contributed by atoms with Crippen LogP contribution in [0, 0.1) is 11.6 Å². The molecule has 0 spiro atoms. The van der Waals surface area contributed by atoms with E-state index in [0.29, 0.717) is 17.0 Å². The molecule has 2 aromatic rings. The number of halogens is 3. The van der Waals surface area contributed by atoms with Crippen molar-refractivity contribution in [3.8, 4) is 0 Å². The summed E-state index contributed by atoms with van der Waals surface area (Å²) in [7, 11) is 0. The van der Waals surface area contributed by atoms with Gasteiger partial charge in [0.1, 0.15) is 0 Å². The van der Waals surface area contributed by atoms with Crippen LogP contribution in [-0.2, 0) is 12.8 Å². The van der Waals surface area contributed by atoms with Gasteiger partial charge in [0.05, 0.1) is 11.1 Å². The maximum atomic E-state index is 13.0. The highest BCUT2D eigenvalue weighted by Crippen LogP contribution is 2.24. The summed E-state index contributed by atoms with van der Waals surface area (Å²) in [6, 6.07) is 5.41. The third kappa shape index (κ3) is 3.28. The Morgan fingerprint density at radius 3 is 2.56 bits per heavy atom. The van der Waals surface area contributed by atoms with Crippen LogP contribution < -0.4 is 0 Å². The molecule has 1 aromatic carbocycles. The van der Waals surface area contributed by atoms with Crippen molar-refractivity contribution >= 4 is 22.9 Å². The number of aliphatic hydroxyl groups is 1. The zero-order valence-corrected chi connectivity index (χ0v) is 10.9. The van der Waals surface area contributed by atoms with E-state index in [1.54, 1.807) is 6.07 Å². The summed E-state index contributed by atoms with van der Waals surface area (Å²) < 4.78 is 25.7. The summed E-state index contributed by atoms with van der Waals surface area (Å²) >= 11 is 7.39. The number of thiophene rings is 1. The van der Waals surface area contributed by atoms with Crippen LogP contribution in [0.2, 0.25) is 5.02 Å². The minimum atomic E-state index is -0.895. The summed E-state index contributed by atoms with van der Waals surface area (Å²) in [5.74, 6) is -1.77. The van der Waals surface area contributed by atoms with Crippen molar-refractivity contribution in [3.05, 3.63) is 56.7 Å². The van der Waals surface area contributed by atoms with Gasteiger partial charge in [-0.2, -0.15) is 0 Å². The quantitative estimate of drug-likeness (QED) is 0.907. The Bertz CT molecular complexity index is 542. The maximum Gasteiger partial charge on any atom is 0.159 e. The van der Waals surface area contributed by atoms with Gasteiger partial charge in [0.15, 0.2) is 11.6 Å². The molecule has 1 N–H and O–H groups in total. The fraction of sp³-hybridized carbons (Fsp3) is 0.231. The summed E-state index contributed by atoms with van der Waals surface area (Å²) in [5.41, 5.74) is 0.564. The van der Waals surface area contributed by atoms with Gasteiger partial charge in [0.25, 0.3) is 0 Å². The second-order valence-electron chi connectivity index (χ2n) is 4.00. The highest BCUT2D eigenvalue weighted by Gasteiger charge is 2.12. The van der Waals surface area contributed by atoms with E-state index in [2.05, 4.69) is 0 Å². The molecule has 0 aliphatic heterocycles. The van der Waals surface area contributed by atoms with Crippen molar-refractivity contribution < 1.29 is 13.9 Å². The first-order valence-electron chi connectivity index (χ1n) is 5.40. The Kier molecular flexibility index (Phi) is 4.32. The molecule has 96 valence electrons. The van der Waals surface area contributed by atoms with Crippen LogP contribution in [0.25, 0.3) is 0 Å². The molecule has 0 bridgehead atoms. The van der Waals surface area contributed by atoms with Gasteiger partial charge in [-0.05, 0) is 35.6 Å². The first kappa shape index (κ1) is 13.5. The standard InChI is InChI=1S/C13H11ClF2OS/c14-10-3-4-18-13(10)7-9(17)5-8-1-2-11(15)12(16)6-8/h1-4,6,9,17H,5,7H2. The number of hydrogen-bond acceptors (Lipinski definition) is 2. The molecule has 1 aromatic heterocycles. The van der Waals surface area contributed by atoms with Crippen molar-refractivity contribution in [1.82, 2.24) is 0 Å². The van der Waals surface area contributed by atoms with Gasteiger partial charge in [0, 0.05) is 11.3 Å². The predicted molar refractivity (Wildman–Crippen MR) is 69.1 cm³/mol. The van der Waals surface area contributed by atoms with Crippen molar-refractivity contribution in [2.24, 2.45) is 0 Å². The average molecular weight is 289 g/mol. The molecule has 0 fully saturated rings. The lowest BCUT2D eigenvalue weighted by atomic mass is 10.0. The third-order valence-electron chi connectivity index (χ3n) is 2.57. The average Bonchev–Trinajstić information content (AvgIpc) is 2.70. The summed E-state index contributed by atoms with van der Waals surface area (Å²) in [6.45, 7) is 0. The molecule has 1 heterocycles. The Balaban J connectivity index is 2.01. The first-order valence-corrected chi connectivity index (χ1v) is 6.66. The van der Waals surface area contributed by atoms with Crippen LogP contribution in [0.15, 0.2) is 29.6 Å². The largest absolute Gasteiger partial charge is 0.392 e. The number of aliphatic hydroxyl groups excluding tert-OH is 1. The molecule has 2 rings (SSSR count). The van der Waals surface area contributed by atoms with E-state index in [4.69, 9.17) is 11.6 Å². The predicted octanol–water partition coefficient (Wildman–Crippen LogP) is 3.83. The van der Waals surface area contributed by atoms with Crippen LogP contribution in [-0.4, -0.2) is 11.2 Å². The second kappa shape index (κ2) is 5.78. The number of benzene rings is 1. The van der Waals surface area contributed by atoms with Crippen molar-refractivity contribution in [1.29, 1.82) is 0 Å². The molecule has 5 heteroatoms. The van der Waals surface area contributed by atoms with Crippen molar-refractivity contribution in [3.63, 3.8) is 0 Å². The van der Waals surface area contributed by atoms with Gasteiger partial charge in [0.2, 0.25) is 0 Å². The Morgan fingerprint density at radius 2 is 1.94 bits per heavy atom. The highest BCUT2D eigenvalue weighted by atomic mass is 35.5. The lowest BCUT2D eigenvalue weighted by Crippen LogP contribution is -2.13. The lowest BCUT2D eigenvalue weighted by molar-refractivity contribution is 0.176. The molecule has 1 unspecified atom stereocenters. The van der Waals surface area contributed by atoms with Gasteiger partial charge in [-0.1, -0.05) is 17.7 Å². The van der Waals surface area contributed by atoms with E-state index in [1.165, 1.54) is 17.4 Å². The number of hydrogen-bond donors (Lipinski definition) is 1. The first-order chi connectivity index (χ1) is 8.56. The summed E-state index contributed by atoms with van der Waals surface area (Å²) in [6.07, 6.45) is 0.0204. The monoisotopic (exact) mass is 288 g/mol. The van der Waals surface area contributed by atoms with Crippen molar-refractivity contribution in [2.45, 2.75) is 18.9 Å². The molecule has 1 atom stereocenters. The van der Waals surface area contributed by atoms with Crippen LogP contribution in [0.1, 0.15) is 10.4 Å². The fourth-order valence-electron chi connectivity index (χ4n) is 1.70. The molecule has 18 heavy (non-hydrogen) atoms. The van der Waals surface area contributed by atoms with Crippen LogP contribution in [0.4, 0.5) is 8.78 Å². The molecule has 0 saturated heterocycles. The Morgan fingerprint density at radius 1 is 1.17 bits per heavy atom. The smallest absolute Gasteiger partial charge is 0.159 e. The van der Waals surface area contributed by atoms with Gasteiger partial charge in [-0.25, -0.2) is 8.78 Å². The van der Waals surface area contributed by atoms with Crippen molar-refractivity contribution in [2.75, 3.05) is 0 Å². The number of rotatable bonds is 4. The van der Waals surface area contributed by atoms with E-state index in [9.17, 15) is 13.9 Å². The molecule has 1 nitrogen and oxygen atoms in total. The molecule has 0 saturated carbocycles. The fourth-order valence-corrected chi connectivity index (χ4v) is 2.88. The minimum absolute atomic E-state index is 0.269. The van der Waals surface area contributed by atoms with E-state index in [-0.39, 0.29) is 6.42 Å². The lowest BCUT2D eigenvalue weighted by Gasteiger charge is -2.10. The zero-order valence-electron chi connectivity index (χ0n) is 9.37. The minimum Gasteiger partial charge on any atom is -0.392 e. The van der Waals surface area contributed by atoms with Gasteiger partial charge in [-0.15, -0.1) is 11.3 Å². The molecular weight excluding hydrogens is 278 g/mol.